The molecule has 0 saturated carbocycles. The van der Waals surface area contributed by atoms with Gasteiger partial charge in [0.1, 0.15) is 5.52 Å². The highest BCUT2D eigenvalue weighted by molar-refractivity contribution is 6.06. The Morgan fingerprint density at radius 2 is 1.55 bits per heavy atom. The van der Waals surface area contributed by atoms with Crippen LogP contribution in [-0.4, -0.2) is 26.2 Å². The van der Waals surface area contributed by atoms with E-state index in [9.17, 15) is 31.4 Å². The molecule has 2 aromatic carbocycles. The quantitative estimate of drug-likeness (QED) is 0.320. The molecule has 0 aliphatic rings. The molecule has 10 heteroatoms. The maximum absolute atomic E-state index is 13.8. The van der Waals surface area contributed by atoms with Crippen LogP contribution in [0.3, 0.4) is 0 Å². The number of pyridine rings is 1. The molecule has 160 valence electrons. The third kappa shape index (κ3) is 3.78. The van der Waals surface area contributed by atoms with E-state index in [1.807, 2.05) is 0 Å². The van der Waals surface area contributed by atoms with E-state index >= 15 is 0 Å². The molecule has 0 radical (unpaired) electrons. The van der Waals surface area contributed by atoms with Crippen molar-refractivity contribution >= 4 is 21.8 Å². The van der Waals surface area contributed by atoms with Gasteiger partial charge in [-0.05, 0) is 24.6 Å². The number of hydrogen-bond donors (Lipinski definition) is 1. The topological polar surface area (TPSA) is 58.9 Å². The fourth-order valence-electron chi connectivity index (χ4n) is 3.30. The Hall–Kier alpha value is -3.27. The minimum absolute atomic E-state index is 0.151. The van der Waals surface area contributed by atoms with Gasteiger partial charge in [0.15, 0.2) is 17.6 Å². The zero-order valence-electron chi connectivity index (χ0n) is 15.8. The number of halogens is 6. The zero-order chi connectivity index (χ0) is 22.6. The summed E-state index contributed by atoms with van der Waals surface area (Å²) in [6.07, 6.45) is -11.8. The zero-order valence-corrected chi connectivity index (χ0v) is 15.8. The van der Waals surface area contributed by atoms with Crippen molar-refractivity contribution in [1.82, 2.24) is 15.0 Å². The number of aryl methyl sites for hydroxylation is 1. The third-order valence-corrected chi connectivity index (χ3v) is 4.77. The monoisotopic (exact) mass is 437 g/mol. The third-order valence-electron chi connectivity index (χ3n) is 4.77. The minimum Gasteiger partial charge on any atom is -0.379 e. The van der Waals surface area contributed by atoms with E-state index in [-0.39, 0.29) is 22.2 Å². The Bertz CT molecular complexity index is 1280. The van der Waals surface area contributed by atoms with Crippen molar-refractivity contribution in [2.45, 2.75) is 25.4 Å². The molecule has 4 aromatic rings. The number of alkyl halides is 6. The molecule has 2 aromatic heterocycles. The molecular weight excluding hydrogens is 424 g/mol. The van der Waals surface area contributed by atoms with E-state index in [4.69, 9.17) is 0 Å². The number of hydrogen-bond acceptors (Lipinski definition) is 4. The van der Waals surface area contributed by atoms with Crippen LogP contribution in [-0.2, 0) is 6.18 Å². The largest absolute Gasteiger partial charge is 0.434 e. The first-order valence-corrected chi connectivity index (χ1v) is 8.95. The van der Waals surface area contributed by atoms with Gasteiger partial charge in [-0.1, -0.05) is 35.9 Å². The number of nitrogens with zero attached hydrogens (tertiary/aromatic N) is 3. The van der Waals surface area contributed by atoms with Gasteiger partial charge in [-0.2, -0.15) is 26.3 Å². The number of rotatable bonds is 2. The lowest BCUT2D eigenvalue weighted by molar-refractivity contribution is -0.206. The van der Waals surface area contributed by atoms with E-state index < -0.39 is 35.1 Å². The fraction of sp³-hybridized carbons (Fsp3) is 0.190. The number of fused-ring (bicyclic) bond motifs is 3. The highest BCUT2D eigenvalue weighted by atomic mass is 19.4. The van der Waals surface area contributed by atoms with Crippen molar-refractivity contribution in [3.63, 3.8) is 0 Å². The Morgan fingerprint density at radius 1 is 0.871 bits per heavy atom. The normalized spacial score (nSPS) is 13.7. The number of benzene rings is 2. The molecule has 1 N–H and O–H groups in total. The molecule has 4 rings (SSSR count). The van der Waals surface area contributed by atoms with Gasteiger partial charge in [0, 0.05) is 22.5 Å². The van der Waals surface area contributed by atoms with Crippen LogP contribution in [0.2, 0.25) is 0 Å². The van der Waals surface area contributed by atoms with Gasteiger partial charge < -0.3 is 5.11 Å². The van der Waals surface area contributed by atoms with Crippen LogP contribution in [0.15, 0.2) is 48.7 Å². The molecule has 0 aliphatic carbocycles. The van der Waals surface area contributed by atoms with Gasteiger partial charge in [0.05, 0.1) is 5.52 Å². The molecule has 0 bridgehead atoms. The van der Waals surface area contributed by atoms with Crippen LogP contribution >= 0.6 is 0 Å². The average molecular weight is 437 g/mol. The lowest BCUT2D eigenvalue weighted by Crippen LogP contribution is -2.21. The van der Waals surface area contributed by atoms with Crippen molar-refractivity contribution < 1.29 is 31.4 Å². The van der Waals surface area contributed by atoms with Crippen LogP contribution in [0.5, 0.6) is 0 Å². The van der Waals surface area contributed by atoms with Crippen molar-refractivity contribution in [3.8, 4) is 11.4 Å². The lowest BCUT2D eigenvalue weighted by Gasteiger charge is -2.19. The molecule has 0 spiro atoms. The highest BCUT2D eigenvalue weighted by Crippen LogP contribution is 2.41. The van der Waals surface area contributed by atoms with E-state index in [1.165, 1.54) is 18.3 Å². The molecule has 4 nitrogen and oxygen atoms in total. The number of aliphatic hydroxyl groups is 1. The first kappa shape index (κ1) is 21.0. The van der Waals surface area contributed by atoms with Gasteiger partial charge in [-0.3, -0.25) is 4.98 Å². The Labute approximate surface area is 171 Å². The first-order valence-electron chi connectivity index (χ1n) is 8.95. The summed E-state index contributed by atoms with van der Waals surface area (Å²) in [5.74, 6) is -0.240. The Kier molecular flexibility index (Phi) is 4.84. The molecule has 1 unspecified atom stereocenters. The van der Waals surface area contributed by atoms with Gasteiger partial charge in [0.25, 0.3) is 0 Å². The first-order chi connectivity index (χ1) is 14.5. The molecule has 0 amide bonds. The minimum atomic E-state index is -5.09. The summed E-state index contributed by atoms with van der Waals surface area (Å²) in [6.45, 7) is 1.80. The Balaban J connectivity index is 2.13. The van der Waals surface area contributed by atoms with E-state index in [2.05, 4.69) is 15.0 Å². The molecule has 0 fully saturated rings. The Morgan fingerprint density at radius 3 is 2.16 bits per heavy atom. The molecule has 0 saturated heterocycles. The smallest absolute Gasteiger partial charge is 0.379 e. The number of aromatic nitrogens is 3. The molecular formula is C21H13F6N3O. The maximum Gasteiger partial charge on any atom is 0.434 e. The molecule has 0 aliphatic heterocycles. The lowest BCUT2D eigenvalue weighted by atomic mass is 9.98. The van der Waals surface area contributed by atoms with Crippen LogP contribution < -0.4 is 0 Å². The SMILES string of the molecule is Cc1ccc(-c2nc(C(F)(F)F)c3cc(C(O)C(F)(F)F)c4cccnc4c3n2)cc1. The van der Waals surface area contributed by atoms with Crippen molar-refractivity contribution in [2.75, 3.05) is 0 Å². The summed E-state index contributed by atoms with van der Waals surface area (Å²) >= 11 is 0. The molecule has 2 heterocycles. The van der Waals surface area contributed by atoms with Gasteiger partial charge in [-0.25, -0.2) is 9.97 Å². The van der Waals surface area contributed by atoms with Crippen LogP contribution in [0.25, 0.3) is 33.2 Å². The summed E-state index contributed by atoms with van der Waals surface area (Å²) in [5.41, 5.74) is -1.43. The van der Waals surface area contributed by atoms with Gasteiger partial charge >= 0.3 is 12.4 Å². The molecule has 1 atom stereocenters. The standard InChI is InChI=1S/C21H13F6N3O/c1-10-4-6-11(7-5-10)19-29-16-14(17(30-19)20(22,23)24)9-13(18(31)21(25,26)27)12-3-2-8-28-15(12)16/h2-9,18,31H,1H3. The second-order valence-corrected chi connectivity index (χ2v) is 6.97. The van der Waals surface area contributed by atoms with E-state index in [0.717, 1.165) is 5.56 Å². The summed E-state index contributed by atoms with van der Waals surface area (Å²) in [6, 6.07) is 9.66. The summed E-state index contributed by atoms with van der Waals surface area (Å²) in [7, 11) is 0. The maximum atomic E-state index is 13.8. The fourth-order valence-corrected chi connectivity index (χ4v) is 3.30. The van der Waals surface area contributed by atoms with Crippen LogP contribution in [0.1, 0.15) is 22.9 Å². The summed E-state index contributed by atoms with van der Waals surface area (Å²) in [5, 5.41) is 8.97. The predicted octanol–water partition coefficient (Wildman–Crippen LogP) is 5.77. The van der Waals surface area contributed by atoms with Crippen molar-refractivity contribution in [3.05, 3.63) is 65.5 Å². The second kappa shape index (κ2) is 7.16. The predicted molar refractivity (Wildman–Crippen MR) is 101 cm³/mol. The van der Waals surface area contributed by atoms with E-state index in [1.54, 1.807) is 31.2 Å². The summed E-state index contributed by atoms with van der Waals surface area (Å²) < 4.78 is 81.1. The van der Waals surface area contributed by atoms with Gasteiger partial charge in [0.2, 0.25) is 0 Å². The van der Waals surface area contributed by atoms with Crippen molar-refractivity contribution in [2.24, 2.45) is 0 Å². The number of aliphatic hydroxyl groups excluding tert-OH is 1. The van der Waals surface area contributed by atoms with E-state index in [0.29, 0.717) is 11.6 Å². The highest BCUT2D eigenvalue weighted by Gasteiger charge is 2.42. The van der Waals surface area contributed by atoms with Crippen LogP contribution in [0, 0.1) is 6.92 Å². The molecule has 31 heavy (non-hydrogen) atoms. The van der Waals surface area contributed by atoms with Crippen LogP contribution in [0.4, 0.5) is 26.3 Å². The second-order valence-electron chi connectivity index (χ2n) is 6.97. The average Bonchev–Trinajstić information content (AvgIpc) is 2.71. The van der Waals surface area contributed by atoms with Gasteiger partial charge in [-0.15, -0.1) is 0 Å². The van der Waals surface area contributed by atoms with Crippen molar-refractivity contribution in [1.29, 1.82) is 0 Å². The summed E-state index contributed by atoms with van der Waals surface area (Å²) in [4.78, 5) is 11.8.